The zero-order valence-corrected chi connectivity index (χ0v) is 17.3. The van der Waals surface area contributed by atoms with Crippen molar-refractivity contribution < 1.29 is 14.0 Å². The molecule has 162 valence electrons. The number of hydrogen-bond donors (Lipinski definition) is 2. The number of likely N-dealkylation sites (tertiary alicyclic amines) is 1. The average molecular weight is 423 g/mol. The standard InChI is InChI=1S/C22H25N5O4/c1-2-27-16-8-7-15(12-17(16)31-21(27)30)25-19(28)13-26-11-5-9-22(14-26,20(23)29)18-6-3-4-10-24-18/h3-4,6-8,10,12H,2,5,9,11,13-14H2,1H3,(H2,23,29)(H,25,28). The molecule has 2 amide bonds. The molecule has 1 atom stereocenters. The molecule has 0 bridgehead atoms. The van der Waals surface area contributed by atoms with Crippen LogP contribution in [0.3, 0.4) is 0 Å². The third-order valence-corrected chi connectivity index (χ3v) is 5.83. The number of aromatic nitrogens is 2. The van der Waals surface area contributed by atoms with Gasteiger partial charge in [-0.05, 0) is 50.6 Å². The minimum atomic E-state index is -0.912. The highest BCUT2D eigenvalue weighted by molar-refractivity contribution is 5.94. The number of carbonyl (C=O) groups is 2. The van der Waals surface area contributed by atoms with Crippen LogP contribution < -0.4 is 16.8 Å². The Hall–Kier alpha value is -3.46. The van der Waals surface area contributed by atoms with E-state index in [1.165, 1.54) is 4.57 Å². The van der Waals surface area contributed by atoms with Gasteiger partial charge in [-0.15, -0.1) is 0 Å². The molecule has 3 N–H and O–H groups in total. The first-order valence-electron chi connectivity index (χ1n) is 10.3. The summed E-state index contributed by atoms with van der Waals surface area (Å²) in [6, 6.07) is 10.6. The molecule has 0 saturated carbocycles. The lowest BCUT2D eigenvalue weighted by Gasteiger charge is -2.40. The third-order valence-electron chi connectivity index (χ3n) is 5.83. The van der Waals surface area contributed by atoms with Gasteiger partial charge in [0.1, 0.15) is 5.41 Å². The van der Waals surface area contributed by atoms with Crippen LogP contribution in [0, 0.1) is 0 Å². The lowest BCUT2D eigenvalue weighted by atomic mass is 9.76. The number of hydrogen-bond acceptors (Lipinski definition) is 6. The molecule has 1 unspecified atom stereocenters. The van der Waals surface area contributed by atoms with Crippen molar-refractivity contribution in [3.05, 3.63) is 58.8 Å². The van der Waals surface area contributed by atoms with Crippen molar-refractivity contribution in [2.75, 3.05) is 25.0 Å². The van der Waals surface area contributed by atoms with Gasteiger partial charge in [-0.2, -0.15) is 0 Å². The van der Waals surface area contributed by atoms with Crippen LogP contribution in [-0.4, -0.2) is 45.9 Å². The van der Waals surface area contributed by atoms with Crippen LogP contribution in [0.15, 0.2) is 51.8 Å². The van der Waals surface area contributed by atoms with Crippen LogP contribution in [0.5, 0.6) is 0 Å². The van der Waals surface area contributed by atoms with Crippen molar-refractivity contribution in [3.63, 3.8) is 0 Å². The van der Waals surface area contributed by atoms with Crippen molar-refractivity contribution in [1.29, 1.82) is 0 Å². The van der Waals surface area contributed by atoms with Gasteiger partial charge in [-0.25, -0.2) is 4.79 Å². The van der Waals surface area contributed by atoms with E-state index in [4.69, 9.17) is 10.2 Å². The van der Waals surface area contributed by atoms with E-state index in [1.54, 1.807) is 36.5 Å². The van der Waals surface area contributed by atoms with Gasteiger partial charge in [0.25, 0.3) is 0 Å². The maximum atomic E-state index is 12.7. The highest BCUT2D eigenvalue weighted by Gasteiger charge is 2.43. The van der Waals surface area contributed by atoms with Crippen molar-refractivity contribution in [2.24, 2.45) is 5.73 Å². The molecular weight excluding hydrogens is 398 g/mol. The summed E-state index contributed by atoms with van der Waals surface area (Å²) in [5.74, 6) is -1.08. The van der Waals surface area contributed by atoms with Crippen LogP contribution in [0.1, 0.15) is 25.5 Å². The SMILES string of the molecule is CCn1c(=O)oc2cc(NC(=O)CN3CCCC(C(N)=O)(c4ccccn4)C3)ccc21. The number of primary amides is 1. The van der Waals surface area contributed by atoms with E-state index in [1.807, 2.05) is 17.9 Å². The Kier molecular flexibility index (Phi) is 5.60. The quantitative estimate of drug-likeness (QED) is 0.619. The number of nitrogens with one attached hydrogen (secondary N) is 1. The van der Waals surface area contributed by atoms with Crippen molar-refractivity contribution >= 4 is 28.6 Å². The van der Waals surface area contributed by atoms with E-state index in [-0.39, 0.29) is 12.5 Å². The second kappa shape index (κ2) is 8.35. The van der Waals surface area contributed by atoms with E-state index in [0.29, 0.717) is 48.5 Å². The van der Waals surface area contributed by atoms with Gasteiger partial charge in [0.05, 0.1) is 17.8 Å². The first-order valence-corrected chi connectivity index (χ1v) is 10.3. The molecule has 1 aliphatic heterocycles. The summed E-state index contributed by atoms with van der Waals surface area (Å²) < 4.78 is 6.78. The molecule has 9 heteroatoms. The van der Waals surface area contributed by atoms with Crippen molar-refractivity contribution in [3.8, 4) is 0 Å². The fourth-order valence-electron chi connectivity index (χ4n) is 4.31. The number of piperidine rings is 1. The van der Waals surface area contributed by atoms with Gasteiger partial charge < -0.3 is 15.5 Å². The molecule has 1 fully saturated rings. The summed E-state index contributed by atoms with van der Waals surface area (Å²) in [5.41, 5.74) is 7.15. The maximum Gasteiger partial charge on any atom is 0.419 e. The minimum Gasteiger partial charge on any atom is -0.408 e. The third kappa shape index (κ3) is 3.96. The lowest BCUT2D eigenvalue weighted by Crippen LogP contribution is -2.55. The first kappa shape index (κ1) is 20.8. The fourth-order valence-corrected chi connectivity index (χ4v) is 4.31. The molecule has 3 heterocycles. The van der Waals surface area contributed by atoms with Crippen LogP contribution in [0.2, 0.25) is 0 Å². The number of carbonyl (C=O) groups excluding carboxylic acids is 2. The van der Waals surface area contributed by atoms with E-state index in [9.17, 15) is 14.4 Å². The van der Waals surface area contributed by atoms with Gasteiger partial charge in [0, 0.05) is 31.0 Å². The average Bonchev–Trinajstić information content (AvgIpc) is 3.08. The van der Waals surface area contributed by atoms with Crippen molar-refractivity contribution in [2.45, 2.75) is 31.7 Å². The largest absolute Gasteiger partial charge is 0.419 e. The smallest absolute Gasteiger partial charge is 0.408 e. The number of oxazole rings is 1. The van der Waals surface area contributed by atoms with Gasteiger partial charge in [-0.1, -0.05) is 6.07 Å². The van der Waals surface area contributed by atoms with Gasteiger partial charge in [-0.3, -0.25) is 24.0 Å². The summed E-state index contributed by atoms with van der Waals surface area (Å²) in [6.45, 7) is 3.49. The summed E-state index contributed by atoms with van der Waals surface area (Å²) in [6.07, 6.45) is 2.97. The molecule has 2 aromatic heterocycles. The number of fused-ring (bicyclic) bond motifs is 1. The number of nitrogens with two attached hydrogens (primary N) is 1. The number of anilines is 1. The molecule has 31 heavy (non-hydrogen) atoms. The second-order valence-electron chi connectivity index (χ2n) is 7.82. The lowest BCUT2D eigenvalue weighted by molar-refractivity contribution is -0.127. The summed E-state index contributed by atoms with van der Waals surface area (Å²) in [4.78, 5) is 43.2. The minimum absolute atomic E-state index is 0.111. The molecule has 9 nitrogen and oxygen atoms in total. The number of nitrogens with zero attached hydrogens (tertiary/aromatic N) is 3. The highest BCUT2D eigenvalue weighted by atomic mass is 16.4. The zero-order chi connectivity index (χ0) is 22.0. The molecular formula is C22H25N5O4. The van der Waals surface area contributed by atoms with Crippen LogP contribution in [0.25, 0.3) is 11.1 Å². The number of aryl methyl sites for hydroxylation is 1. The predicted octanol–water partition coefficient (Wildman–Crippen LogP) is 1.47. The van der Waals surface area contributed by atoms with Crippen LogP contribution >= 0.6 is 0 Å². The summed E-state index contributed by atoms with van der Waals surface area (Å²) in [5, 5.41) is 2.84. The molecule has 0 aliphatic carbocycles. The number of pyridine rings is 1. The van der Waals surface area contributed by atoms with E-state index in [2.05, 4.69) is 10.3 Å². The van der Waals surface area contributed by atoms with Crippen molar-refractivity contribution in [1.82, 2.24) is 14.5 Å². The Labute approximate surface area is 178 Å². The Morgan fingerprint density at radius 2 is 2.13 bits per heavy atom. The predicted molar refractivity (Wildman–Crippen MR) is 116 cm³/mol. The van der Waals surface area contributed by atoms with E-state index in [0.717, 1.165) is 6.42 Å². The Balaban J connectivity index is 1.48. The van der Waals surface area contributed by atoms with Gasteiger partial charge >= 0.3 is 5.76 Å². The maximum absolute atomic E-state index is 12.7. The summed E-state index contributed by atoms with van der Waals surface area (Å²) in [7, 11) is 0. The topological polar surface area (TPSA) is 123 Å². The molecule has 4 rings (SSSR count). The normalized spacial score (nSPS) is 19.4. The Morgan fingerprint density at radius 3 is 2.84 bits per heavy atom. The Morgan fingerprint density at radius 1 is 1.29 bits per heavy atom. The van der Waals surface area contributed by atoms with Gasteiger partial charge in [0.15, 0.2) is 5.58 Å². The molecule has 1 saturated heterocycles. The first-order chi connectivity index (χ1) is 14.9. The zero-order valence-electron chi connectivity index (χ0n) is 17.3. The fraction of sp³-hybridized carbons (Fsp3) is 0.364. The number of amides is 2. The number of benzene rings is 1. The molecule has 1 aromatic carbocycles. The molecule has 0 radical (unpaired) electrons. The van der Waals surface area contributed by atoms with E-state index >= 15 is 0 Å². The second-order valence-corrected chi connectivity index (χ2v) is 7.82. The van der Waals surface area contributed by atoms with E-state index < -0.39 is 17.1 Å². The molecule has 3 aromatic rings. The summed E-state index contributed by atoms with van der Waals surface area (Å²) >= 11 is 0. The Bertz CT molecular complexity index is 1170. The van der Waals surface area contributed by atoms with Crippen LogP contribution in [-0.2, 0) is 21.5 Å². The monoisotopic (exact) mass is 423 g/mol. The molecule has 1 aliphatic rings. The van der Waals surface area contributed by atoms with Gasteiger partial charge in [0.2, 0.25) is 11.8 Å². The molecule has 0 spiro atoms. The van der Waals surface area contributed by atoms with Crippen LogP contribution in [0.4, 0.5) is 5.69 Å². The number of rotatable bonds is 6. The highest BCUT2D eigenvalue weighted by Crippen LogP contribution is 2.32.